The molecule has 1 aromatic carbocycles. The predicted molar refractivity (Wildman–Crippen MR) is 103 cm³/mol. The number of amides is 1. The molecule has 0 atom stereocenters. The first-order valence-corrected chi connectivity index (χ1v) is 10.8. The van der Waals surface area contributed by atoms with Gasteiger partial charge in [0.05, 0.1) is 15.4 Å². The number of nitrogens with one attached hydrogen (secondary N) is 2. The highest BCUT2D eigenvalue weighted by Gasteiger charge is 2.18. The fourth-order valence-electron chi connectivity index (χ4n) is 2.24. The Bertz CT molecular complexity index is 963. The molecular weight excluding hydrogens is 392 g/mol. The fraction of sp³-hybridized carbons (Fsp3) is 0.250. The van der Waals surface area contributed by atoms with Crippen molar-refractivity contribution in [2.75, 3.05) is 30.9 Å². The standard InChI is InChI=1S/C16H18N4O5S2/c1-26-16-12(4-3-7-19-16)15(21)18-9-8-17-13-6-5-11(27(2,24)25)10-14(13)20(22)23/h3-7,10,17H,8-9H2,1-2H3,(H,18,21). The smallest absolute Gasteiger partial charge is 0.293 e. The molecule has 144 valence electrons. The third kappa shape index (κ3) is 5.41. The zero-order chi connectivity index (χ0) is 20.0. The van der Waals surface area contributed by atoms with Gasteiger partial charge in [0.25, 0.3) is 11.6 Å². The van der Waals surface area contributed by atoms with Crippen LogP contribution in [0.4, 0.5) is 11.4 Å². The third-order valence-electron chi connectivity index (χ3n) is 3.53. The molecule has 11 heteroatoms. The molecule has 2 N–H and O–H groups in total. The van der Waals surface area contributed by atoms with Gasteiger partial charge in [-0.15, -0.1) is 11.8 Å². The van der Waals surface area contributed by atoms with Gasteiger partial charge in [-0.2, -0.15) is 0 Å². The van der Waals surface area contributed by atoms with E-state index in [2.05, 4.69) is 15.6 Å². The lowest BCUT2D eigenvalue weighted by molar-refractivity contribution is -0.384. The molecule has 0 unspecified atom stereocenters. The summed E-state index contributed by atoms with van der Waals surface area (Å²) in [6.07, 6.45) is 4.40. The highest BCUT2D eigenvalue weighted by molar-refractivity contribution is 7.98. The van der Waals surface area contributed by atoms with Gasteiger partial charge < -0.3 is 10.6 Å². The summed E-state index contributed by atoms with van der Waals surface area (Å²) in [6, 6.07) is 6.97. The highest BCUT2D eigenvalue weighted by atomic mass is 32.2. The second kappa shape index (κ2) is 8.82. The topological polar surface area (TPSA) is 131 Å². The Hall–Kier alpha value is -2.66. The maximum absolute atomic E-state index is 12.2. The molecule has 1 aromatic heterocycles. The van der Waals surface area contributed by atoms with Crippen LogP contribution in [0.3, 0.4) is 0 Å². The largest absolute Gasteiger partial charge is 0.378 e. The van der Waals surface area contributed by atoms with Gasteiger partial charge in [-0.1, -0.05) is 0 Å². The van der Waals surface area contributed by atoms with Crippen molar-refractivity contribution in [2.24, 2.45) is 0 Å². The van der Waals surface area contributed by atoms with E-state index in [1.165, 1.54) is 23.9 Å². The van der Waals surface area contributed by atoms with Crippen LogP contribution in [0.25, 0.3) is 0 Å². The minimum Gasteiger partial charge on any atom is -0.378 e. The summed E-state index contributed by atoms with van der Waals surface area (Å²) >= 11 is 1.36. The molecule has 0 aliphatic rings. The van der Waals surface area contributed by atoms with Crippen LogP contribution in [0, 0.1) is 10.1 Å². The van der Waals surface area contributed by atoms with Crippen LogP contribution in [-0.2, 0) is 9.84 Å². The Labute approximate surface area is 160 Å². The van der Waals surface area contributed by atoms with Gasteiger partial charge >= 0.3 is 0 Å². The van der Waals surface area contributed by atoms with Crippen LogP contribution in [0.15, 0.2) is 46.5 Å². The lowest BCUT2D eigenvalue weighted by atomic mass is 10.2. The van der Waals surface area contributed by atoms with E-state index >= 15 is 0 Å². The quantitative estimate of drug-likeness (QED) is 0.292. The number of nitrogens with zero attached hydrogens (tertiary/aromatic N) is 2. The average molecular weight is 410 g/mol. The van der Waals surface area contributed by atoms with Crippen LogP contribution in [0.1, 0.15) is 10.4 Å². The molecular formula is C16H18N4O5S2. The number of nitro benzene ring substituents is 1. The predicted octanol–water partition coefficient (Wildman–Crippen LogP) is 1.96. The van der Waals surface area contributed by atoms with E-state index < -0.39 is 14.8 Å². The van der Waals surface area contributed by atoms with Crippen molar-refractivity contribution in [3.05, 3.63) is 52.2 Å². The monoisotopic (exact) mass is 410 g/mol. The molecule has 1 amide bonds. The van der Waals surface area contributed by atoms with Gasteiger partial charge in [0.1, 0.15) is 10.7 Å². The van der Waals surface area contributed by atoms with Crippen molar-refractivity contribution in [1.29, 1.82) is 0 Å². The summed E-state index contributed by atoms with van der Waals surface area (Å²) in [4.78, 5) is 26.7. The summed E-state index contributed by atoms with van der Waals surface area (Å²) < 4.78 is 23.1. The maximum atomic E-state index is 12.2. The second-order valence-electron chi connectivity index (χ2n) is 5.45. The third-order valence-corrected chi connectivity index (χ3v) is 5.35. The van der Waals surface area contributed by atoms with Crippen LogP contribution >= 0.6 is 11.8 Å². The molecule has 9 nitrogen and oxygen atoms in total. The van der Waals surface area contributed by atoms with Crippen molar-refractivity contribution in [1.82, 2.24) is 10.3 Å². The lowest BCUT2D eigenvalue weighted by Crippen LogP contribution is -2.29. The molecule has 27 heavy (non-hydrogen) atoms. The number of benzene rings is 1. The van der Waals surface area contributed by atoms with E-state index in [1.807, 2.05) is 6.26 Å². The zero-order valence-corrected chi connectivity index (χ0v) is 16.3. The molecule has 0 radical (unpaired) electrons. The van der Waals surface area contributed by atoms with Crippen LogP contribution in [-0.4, -0.2) is 49.8 Å². The number of hydrogen-bond donors (Lipinski definition) is 2. The first kappa shape index (κ1) is 20.6. The molecule has 0 aliphatic carbocycles. The summed E-state index contributed by atoms with van der Waals surface area (Å²) in [5, 5.41) is 17.3. The SMILES string of the molecule is CSc1ncccc1C(=O)NCCNc1ccc(S(C)(=O)=O)cc1[N+](=O)[O-]. The average Bonchev–Trinajstić information content (AvgIpc) is 2.64. The normalized spacial score (nSPS) is 11.0. The van der Waals surface area contributed by atoms with Gasteiger partial charge in [0.2, 0.25) is 0 Å². The van der Waals surface area contributed by atoms with Crippen molar-refractivity contribution >= 4 is 38.9 Å². The number of rotatable bonds is 8. The molecule has 0 saturated carbocycles. The first-order chi connectivity index (χ1) is 12.7. The Morgan fingerprint density at radius 2 is 2.04 bits per heavy atom. The number of sulfone groups is 1. The number of aromatic nitrogens is 1. The Balaban J connectivity index is 2.01. The number of thioether (sulfide) groups is 1. The summed E-state index contributed by atoms with van der Waals surface area (Å²) in [5.74, 6) is -0.295. The number of carbonyl (C=O) groups is 1. The lowest BCUT2D eigenvalue weighted by Gasteiger charge is -2.10. The summed E-state index contributed by atoms with van der Waals surface area (Å²) in [5.41, 5.74) is 0.280. The molecule has 2 rings (SSSR count). The molecule has 2 aromatic rings. The molecule has 1 heterocycles. The molecule has 0 saturated heterocycles. The fourth-order valence-corrected chi connectivity index (χ4v) is 3.43. The van der Waals surface area contributed by atoms with Crippen molar-refractivity contribution in [3.8, 4) is 0 Å². The second-order valence-corrected chi connectivity index (χ2v) is 8.26. The van der Waals surface area contributed by atoms with Crippen molar-refractivity contribution in [2.45, 2.75) is 9.92 Å². The van der Waals surface area contributed by atoms with Crippen molar-refractivity contribution in [3.63, 3.8) is 0 Å². The molecule has 0 fully saturated rings. The summed E-state index contributed by atoms with van der Waals surface area (Å²) in [7, 11) is -3.55. The number of anilines is 1. The highest BCUT2D eigenvalue weighted by Crippen LogP contribution is 2.27. The molecule has 0 spiro atoms. The van der Waals surface area contributed by atoms with Gasteiger partial charge in [-0.25, -0.2) is 13.4 Å². The number of hydrogen-bond acceptors (Lipinski definition) is 8. The minimum atomic E-state index is -3.55. The van der Waals surface area contributed by atoms with E-state index in [9.17, 15) is 23.3 Å². The first-order valence-electron chi connectivity index (χ1n) is 7.73. The number of pyridine rings is 1. The maximum Gasteiger partial charge on any atom is 0.293 e. The van der Waals surface area contributed by atoms with Gasteiger partial charge in [-0.3, -0.25) is 14.9 Å². The van der Waals surface area contributed by atoms with Gasteiger partial charge in [-0.05, 0) is 30.5 Å². The van der Waals surface area contributed by atoms with E-state index in [1.54, 1.807) is 18.3 Å². The van der Waals surface area contributed by atoms with Gasteiger partial charge in [0, 0.05) is 31.6 Å². The van der Waals surface area contributed by atoms with E-state index in [0.29, 0.717) is 10.6 Å². The van der Waals surface area contributed by atoms with E-state index in [-0.39, 0.29) is 35.3 Å². The minimum absolute atomic E-state index is 0.130. The van der Waals surface area contributed by atoms with Gasteiger partial charge in [0.15, 0.2) is 9.84 Å². The van der Waals surface area contributed by atoms with Crippen molar-refractivity contribution < 1.29 is 18.1 Å². The molecule has 0 aliphatic heterocycles. The van der Waals surface area contributed by atoms with E-state index in [4.69, 9.17) is 0 Å². The number of carbonyl (C=O) groups excluding carboxylic acids is 1. The molecule has 0 bridgehead atoms. The van der Waals surface area contributed by atoms with Crippen LogP contribution < -0.4 is 10.6 Å². The Morgan fingerprint density at radius 1 is 1.30 bits per heavy atom. The number of nitro groups is 1. The zero-order valence-electron chi connectivity index (χ0n) is 14.6. The Kier molecular flexibility index (Phi) is 6.75. The Morgan fingerprint density at radius 3 is 2.67 bits per heavy atom. The van der Waals surface area contributed by atoms with E-state index in [0.717, 1.165) is 12.3 Å². The summed E-state index contributed by atoms with van der Waals surface area (Å²) in [6.45, 7) is 0.437. The van der Waals surface area contributed by atoms with Crippen LogP contribution in [0.2, 0.25) is 0 Å². The van der Waals surface area contributed by atoms with Crippen LogP contribution in [0.5, 0.6) is 0 Å².